The van der Waals surface area contributed by atoms with Crippen LogP contribution in [0, 0.1) is 5.92 Å². The van der Waals surface area contributed by atoms with Crippen molar-refractivity contribution in [3.63, 3.8) is 0 Å². The van der Waals surface area contributed by atoms with E-state index in [0.29, 0.717) is 6.04 Å². The number of hydrogen-bond acceptors (Lipinski definition) is 2. The van der Waals surface area contributed by atoms with Crippen LogP contribution < -0.4 is 10.6 Å². The summed E-state index contributed by atoms with van der Waals surface area (Å²) in [5.41, 5.74) is 8.43. The molecule has 1 aromatic carbocycles. The molecule has 1 aromatic rings. The quantitative estimate of drug-likeness (QED) is 0.859. The van der Waals surface area contributed by atoms with Crippen molar-refractivity contribution in [3.05, 3.63) is 28.8 Å². The molecular formula is C18H29ClN2. The molecule has 3 heteroatoms. The van der Waals surface area contributed by atoms with Crippen LogP contribution in [0.1, 0.15) is 51.5 Å². The Labute approximate surface area is 134 Å². The van der Waals surface area contributed by atoms with Crippen molar-refractivity contribution in [3.8, 4) is 0 Å². The number of rotatable bonds is 5. The number of halogens is 1. The van der Waals surface area contributed by atoms with Gasteiger partial charge in [-0.3, -0.25) is 0 Å². The second kappa shape index (κ2) is 7.51. The maximum atomic E-state index is 6.47. The van der Waals surface area contributed by atoms with Crippen molar-refractivity contribution in [1.82, 2.24) is 0 Å². The maximum Gasteiger partial charge on any atom is 0.0459 e. The molecular weight excluding hydrogens is 280 g/mol. The monoisotopic (exact) mass is 308 g/mol. The van der Waals surface area contributed by atoms with E-state index in [0.717, 1.165) is 23.8 Å². The van der Waals surface area contributed by atoms with E-state index in [4.69, 9.17) is 17.3 Å². The Morgan fingerprint density at radius 1 is 1.33 bits per heavy atom. The number of nitrogens with two attached hydrogens (primary N) is 1. The highest BCUT2D eigenvalue weighted by atomic mass is 35.5. The van der Waals surface area contributed by atoms with Crippen molar-refractivity contribution in [2.45, 2.75) is 64.5 Å². The Bertz CT molecular complexity index is 461. The molecule has 0 aromatic heterocycles. The molecule has 3 unspecified atom stereocenters. The lowest BCUT2D eigenvalue weighted by molar-refractivity contribution is 0.321. The lowest BCUT2D eigenvalue weighted by Gasteiger charge is -2.38. The van der Waals surface area contributed by atoms with Crippen molar-refractivity contribution >= 4 is 17.3 Å². The molecule has 1 aliphatic carbocycles. The lowest BCUT2D eigenvalue weighted by atomic mass is 9.85. The molecule has 1 fully saturated rings. The first kappa shape index (κ1) is 16.6. The van der Waals surface area contributed by atoms with Crippen LogP contribution >= 0.6 is 11.6 Å². The standard InChI is InChI=1S/C18H29ClN2/c1-4-15(20)11-14-9-10-16(12-17(14)19)21(3)18-8-6-5-7-13(18)2/h9-10,12-13,15,18H,4-8,11,20H2,1-3H3. The molecule has 3 atom stereocenters. The third-order valence-corrected chi connectivity index (χ3v) is 5.37. The van der Waals surface area contributed by atoms with Gasteiger partial charge in [-0.25, -0.2) is 0 Å². The van der Waals surface area contributed by atoms with E-state index in [2.05, 4.69) is 44.0 Å². The Morgan fingerprint density at radius 3 is 2.67 bits per heavy atom. The highest BCUT2D eigenvalue weighted by Crippen LogP contribution is 2.32. The molecule has 1 saturated carbocycles. The number of nitrogens with zero attached hydrogens (tertiary/aromatic N) is 1. The fourth-order valence-corrected chi connectivity index (χ4v) is 3.66. The van der Waals surface area contributed by atoms with Gasteiger partial charge in [-0.2, -0.15) is 0 Å². The molecule has 0 amide bonds. The van der Waals surface area contributed by atoms with Crippen molar-refractivity contribution in [2.24, 2.45) is 11.7 Å². The first-order valence-corrected chi connectivity index (χ1v) is 8.67. The van der Waals surface area contributed by atoms with Gasteiger partial charge in [-0.15, -0.1) is 0 Å². The molecule has 0 saturated heterocycles. The Morgan fingerprint density at radius 2 is 2.05 bits per heavy atom. The minimum Gasteiger partial charge on any atom is -0.371 e. The Kier molecular flexibility index (Phi) is 5.95. The van der Waals surface area contributed by atoms with Crippen LogP contribution in [0.15, 0.2) is 18.2 Å². The number of hydrogen-bond donors (Lipinski definition) is 1. The van der Waals surface area contributed by atoms with Gasteiger partial charge in [-0.05, 0) is 49.3 Å². The highest BCUT2D eigenvalue weighted by Gasteiger charge is 2.25. The third kappa shape index (κ3) is 4.14. The summed E-state index contributed by atoms with van der Waals surface area (Å²) in [5.74, 6) is 0.760. The zero-order chi connectivity index (χ0) is 15.4. The summed E-state index contributed by atoms with van der Waals surface area (Å²) in [4.78, 5) is 2.42. The van der Waals surface area contributed by atoms with Crippen LogP contribution in [0.5, 0.6) is 0 Å². The molecule has 0 aliphatic heterocycles. The summed E-state index contributed by atoms with van der Waals surface area (Å²) in [6.45, 7) is 4.49. The summed E-state index contributed by atoms with van der Waals surface area (Å²) in [5, 5.41) is 0.853. The SMILES string of the molecule is CCC(N)Cc1ccc(N(C)C2CCCCC2C)cc1Cl. The zero-order valence-electron chi connectivity index (χ0n) is 13.6. The van der Waals surface area contributed by atoms with E-state index < -0.39 is 0 Å². The normalized spacial score (nSPS) is 23.9. The third-order valence-electron chi connectivity index (χ3n) is 5.01. The van der Waals surface area contributed by atoms with E-state index in [1.165, 1.54) is 36.9 Å². The zero-order valence-corrected chi connectivity index (χ0v) is 14.4. The molecule has 0 spiro atoms. The topological polar surface area (TPSA) is 29.3 Å². The number of benzene rings is 1. The van der Waals surface area contributed by atoms with Gasteiger partial charge in [0.2, 0.25) is 0 Å². The maximum absolute atomic E-state index is 6.47. The Balaban J connectivity index is 2.11. The van der Waals surface area contributed by atoms with Gasteiger partial charge in [0.25, 0.3) is 0 Å². The molecule has 2 nitrogen and oxygen atoms in total. The van der Waals surface area contributed by atoms with E-state index >= 15 is 0 Å². The van der Waals surface area contributed by atoms with Gasteiger partial charge >= 0.3 is 0 Å². The molecule has 0 bridgehead atoms. The largest absolute Gasteiger partial charge is 0.371 e. The summed E-state index contributed by atoms with van der Waals surface area (Å²) >= 11 is 6.47. The van der Waals surface area contributed by atoms with Gasteiger partial charge < -0.3 is 10.6 Å². The highest BCUT2D eigenvalue weighted by molar-refractivity contribution is 6.31. The van der Waals surface area contributed by atoms with E-state index in [9.17, 15) is 0 Å². The van der Waals surface area contributed by atoms with Crippen molar-refractivity contribution in [2.75, 3.05) is 11.9 Å². The van der Waals surface area contributed by atoms with Crippen molar-refractivity contribution in [1.29, 1.82) is 0 Å². The molecule has 0 heterocycles. The van der Waals surface area contributed by atoms with Gasteiger partial charge in [0.1, 0.15) is 0 Å². The minimum absolute atomic E-state index is 0.199. The molecule has 21 heavy (non-hydrogen) atoms. The summed E-state index contributed by atoms with van der Waals surface area (Å²) in [7, 11) is 2.20. The van der Waals surface area contributed by atoms with E-state index in [1.807, 2.05) is 0 Å². The second-order valence-corrected chi connectivity index (χ2v) is 7.00. The van der Waals surface area contributed by atoms with E-state index in [1.54, 1.807) is 0 Å². The van der Waals surface area contributed by atoms with Crippen molar-refractivity contribution < 1.29 is 0 Å². The van der Waals surface area contributed by atoms with Crippen LogP contribution in [-0.2, 0) is 6.42 Å². The summed E-state index contributed by atoms with van der Waals surface area (Å²) in [6.07, 6.45) is 7.19. The van der Waals surface area contributed by atoms with Gasteiger partial charge in [0, 0.05) is 29.8 Å². The fourth-order valence-electron chi connectivity index (χ4n) is 3.41. The van der Waals surface area contributed by atoms with E-state index in [-0.39, 0.29) is 6.04 Å². The fraction of sp³-hybridized carbons (Fsp3) is 0.667. The molecule has 1 aliphatic rings. The molecule has 118 valence electrons. The predicted molar refractivity (Wildman–Crippen MR) is 93.2 cm³/mol. The van der Waals surface area contributed by atoms with Gasteiger partial charge in [0.15, 0.2) is 0 Å². The number of anilines is 1. The lowest BCUT2D eigenvalue weighted by Crippen LogP contribution is -2.39. The summed E-state index contributed by atoms with van der Waals surface area (Å²) in [6, 6.07) is 7.30. The van der Waals surface area contributed by atoms with Gasteiger partial charge in [0.05, 0.1) is 0 Å². The molecule has 2 rings (SSSR count). The first-order valence-electron chi connectivity index (χ1n) is 8.29. The van der Waals surface area contributed by atoms with Crippen LogP contribution in [0.4, 0.5) is 5.69 Å². The predicted octanol–water partition coefficient (Wildman–Crippen LogP) is 4.63. The Hall–Kier alpha value is -0.730. The van der Waals surface area contributed by atoms with Crippen LogP contribution in [0.3, 0.4) is 0 Å². The average Bonchev–Trinajstić information content (AvgIpc) is 2.49. The van der Waals surface area contributed by atoms with Crippen LogP contribution in [-0.4, -0.2) is 19.1 Å². The van der Waals surface area contributed by atoms with Gasteiger partial charge in [-0.1, -0.05) is 44.4 Å². The second-order valence-electron chi connectivity index (χ2n) is 6.59. The first-order chi connectivity index (χ1) is 10.0. The average molecular weight is 309 g/mol. The smallest absolute Gasteiger partial charge is 0.0459 e. The molecule has 2 N–H and O–H groups in total. The summed E-state index contributed by atoms with van der Waals surface area (Å²) < 4.78 is 0. The van der Waals surface area contributed by atoms with Crippen LogP contribution in [0.25, 0.3) is 0 Å². The van der Waals surface area contributed by atoms with Crippen LogP contribution in [0.2, 0.25) is 5.02 Å². The molecule has 0 radical (unpaired) electrons. The minimum atomic E-state index is 0.199.